The highest BCUT2D eigenvalue weighted by Gasteiger charge is 2.14. The van der Waals surface area contributed by atoms with E-state index in [0.29, 0.717) is 10.6 Å². The Labute approximate surface area is 164 Å². The summed E-state index contributed by atoms with van der Waals surface area (Å²) in [6.07, 6.45) is 3.61. The van der Waals surface area contributed by atoms with Crippen molar-refractivity contribution >= 4 is 51.5 Å². The quantitative estimate of drug-likeness (QED) is 0.622. The normalized spacial score (nSPS) is 15.2. The molecule has 0 amide bonds. The Hall–Kier alpha value is -1.76. The van der Waals surface area contributed by atoms with Crippen molar-refractivity contribution in [2.45, 2.75) is 10.9 Å². The maximum Gasteiger partial charge on any atom is 0.170 e. The second-order valence-corrected chi connectivity index (χ2v) is 8.42. The van der Waals surface area contributed by atoms with E-state index in [-0.39, 0.29) is 0 Å². The number of benzene rings is 1. The second kappa shape index (κ2) is 7.86. The molecule has 1 aromatic carbocycles. The molecule has 0 unspecified atom stereocenters. The molecule has 26 heavy (non-hydrogen) atoms. The fourth-order valence-electron chi connectivity index (χ4n) is 2.87. The lowest BCUT2D eigenvalue weighted by atomic mass is 10.1. The molecule has 2 N–H and O–H groups in total. The van der Waals surface area contributed by atoms with E-state index in [9.17, 15) is 5.26 Å². The molecule has 0 saturated carbocycles. The number of thiazole rings is 1. The molecule has 6 nitrogen and oxygen atoms in total. The Morgan fingerprint density at radius 1 is 1.42 bits per heavy atom. The number of morpholine rings is 1. The maximum atomic E-state index is 9.21. The van der Waals surface area contributed by atoms with Gasteiger partial charge in [-0.15, -0.1) is 11.3 Å². The highest BCUT2D eigenvalue weighted by Crippen LogP contribution is 2.34. The average Bonchev–Trinajstić information content (AvgIpc) is 3.29. The number of rotatable bonds is 5. The summed E-state index contributed by atoms with van der Waals surface area (Å²) >= 11 is 9.38. The fraction of sp³-hybridized carbons (Fsp3) is 0.294. The first-order valence-electron chi connectivity index (χ1n) is 8.12. The minimum absolute atomic E-state index is 0.542. The van der Waals surface area contributed by atoms with E-state index in [1.54, 1.807) is 23.6 Å². The van der Waals surface area contributed by atoms with Crippen molar-refractivity contribution in [3.05, 3.63) is 40.0 Å². The number of ether oxygens (including phenoxy) is 1. The van der Waals surface area contributed by atoms with Crippen LogP contribution in [0.4, 0.5) is 5.69 Å². The molecule has 0 aliphatic carbocycles. The summed E-state index contributed by atoms with van der Waals surface area (Å²) in [5.74, 6) is 0. The molecule has 3 heterocycles. The topological polar surface area (TPSA) is 77.0 Å². The minimum Gasteiger partial charge on any atom is -0.379 e. The highest BCUT2D eigenvalue weighted by atomic mass is 35.5. The van der Waals surface area contributed by atoms with Gasteiger partial charge < -0.3 is 14.4 Å². The minimum atomic E-state index is 0.542. The molecule has 1 aliphatic heterocycles. The SMILES string of the molecule is N#Cc1c[nH]c2c(NSc3ncc(CN4CCOCC4)s3)ccc(Cl)c12. The summed E-state index contributed by atoms with van der Waals surface area (Å²) in [6.45, 7) is 4.45. The van der Waals surface area contributed by atoms with Gasteiger partial charge in [-0.1, -0.05) is 11.6 Å². The molecule has 0 bridgehead atoms. The summed E-state index contributed by atoms with van der Waals surface area (Å²) in [5, 5.41) is 10.5. The molecular formula is C17H16ClN5OS2. The number of aromatic nitrogens is 2. The third-order valence-electron chi connectivity index (χ3n) is 4.17. The van der Waals surface area contributed by atoms with E-state index in [1.807, 2.05) is 12.3 Å². The lowest BCUT2D eigenvalue weighted by Crippen LogP contribution is -2.35. The van der Waals surface area contributed by atoms with Gasteiger partial charge in [0.2, 0.25) is 0 Å². The largest absolute Gasteiger partial charge is 0.379 e. The molecule has 1 fully saturated rings. The predicted octanol–water partition coefficient (Wildman–Crippen LogP) is 4.10. The van der Waals surface area contributed by atoms with Crippen LogP contribution in [0.2, 0.25) is 5.02 Å². The summed E-state index contributed by atoms with van der Waals surface area (Å²) in [7, 11) is 0. The molecule has 1 aliphatic rings. The van der Waals surface area contributed by atoms with Crippen LogP contribution in [-0.4, -0.2) is 41.2 Å². The molecule has 2 aromatic heterocycles. The highest BCUT2D eigenvalue weighted by molar-refractivity contribution is 8.02. The molecule has 0 spiro atoms. The van der Waals surface area contributed by atoms with Gasteiger partial charge in [0.1, 0.15) is 6.07 Å². The summed E-state index contributed by atoms with van der Waals surface area (Å²) in [6, 6.07) is 5.86. The lowest BCUT2D eigenvalue weighted by Gasteiger charge is -2.25. The maximum absolute atomic E-state index is 9.21. The van der Waals surface area contributed by atoms with Crippen molar-refractivity contribution in [2.24, 2.45) is 0 Å². The number of nitrogens with one attached hydrogen (secondary N) is 2. The first kappa shape index (κ1) is 17.6. The molecule has 3 aromatic rings. The van der Waals surface area contributed by atoms with Gasteiger partial charge in [0, 0.05) is 54.2 Å². The van der Waals surface area contributed by atoms with Crippen molar-refractivity contribution in [1.29, 1.82) is 5.26 Å². The van der Waals surface area contributed by atoms with Crippen LogP contribution in [-0.2, 0) is 11.3 Å². The Kier molecular flexibility index (Phi) is 5.33. The summed E-state index contributed by atoms with van der Waals surface area (Å²) in [5.41, 5.74) is 2.24. The van der Waals surface area contributed by atoms with E-state index >= 15 is 0 Å². The average molecular weight is 406 g/mol. The van der Waals surface area contributed by atoms with E-state index < -0.39 is 0 Å². The Balaban J connectivity index is 1.45. The van der Waals surface area contributed by atoms with Crippen LogP contribution in [0.1, 0.15) is 10.4 Å². The first-order valence-corrected chi connectivity index (χ1v) is 10.1. The van der Waals surface area contributed by atoms with Gasteiger partial charge in [-0.2, -0.15) is 5.26 Å². The number of anilines is 1. The zero-order valence-electron chi connectivity index (χ0n) is 13.8. The van der Waals surface area contributed by atoms with Crippen LogP contribution in [0, 0.1) is 11.3 Å². The number of hydrogen-bond donors (Lipinski definition) is 2. The van der Waals surface area contributed by atoms with E-state index in [1.165, 1.54) is 16.8 Å². The van der Waals surface area contributed by atoms with E-state index in [4.69, 9.17) is 16.3 Å². The van der Waals surface area contributed by atoms with Gasteiger partial charge in [0.15, 0.2) is 4.34 Å². The van der Waals surface area contributed by atoms with Gasteiger partial charge in [0.05, 0.1) is 35.0 Å². The van der Waals surface area contributed by atoms with Gasteiger partial charge >= 0.3 is 0 Å². The summed E-state index contributed by atoms with van der Waals surface area (Å²) < 4.78 is 9.65. The molecule has 0 atom stereocenters. The van der Waals surface area contributed by atoms with Crippen LogP contribution in [0.25, 0.3) is 10.9 Å². The summed E-state index contributed by atoms with van der Waals surface area (Å²) in [4.78, 5) is 11.2. The molecule has 9 heteroatoms. The van der Waals surface area contributed by atoms with Crippen LogP contribution in [0.15, 0.2) is 28.9 Å². The van der Waals surface area contributed by atoms with Crippen LogP contribution < -0.4 is 4.72 Å². The van der Waals surface area contributed by atoms with Crippen molar-refractivity contribution in [2.75, 3.05) is 31.0 Å². The zero-order chi connectivity index (χ0) is 17.9. The van der Waals surface area contributed by atoms with Crippen LogP contribution >= 0.6 is 34.9 Å². The molecule has 0 radical (unpaired) electrons. The lowest BCUT2D eigenvalue weighted by molar-refractivity contribution is 0.0346. The Bertz CT molecular complexity index is 958. The fourth-order valence-corrected chi connectivity index (χ4v) is 4.90. The van der Waals surface area contributed by atoms with E-state index in [0.717, 1.165) is 53.8 Å². The number of nitriles is 1. The number of fused-ring (bicyclic) bond motifs is 1. The van der Waals surface area contributed by atoms with Gasteiger partial charge in [-0.05, 0) is 12.1 Å². The zero-order valence-corrected chi connectivity index (χ0v) is 16.2. The van der Waals surface area contributed by atoms with Crippen molar-refractivity contribution in [3.63, 3.8) is 0 Å². The monoisotopic (exact) mass is 405 g/mol. The van der Waals surface area contributed by atoms with Crippen LogP contribution in [0.5, 0.6) is 0 Å². The Morgan fingerprint density at radius 2 is 2.27 bits per heavy atom. The number of aromatic amines is 1. The van der Waals surface area contributed by atoms with Gasteiger partial charge in [0.25, 0.3) is 0 Å². The van der Waals surface area contributed by atoms with E-state index in [2.05, 4.69) is 25.7 Å². The van der Waals surface area contributed by atoms with Crippen molar-refractivity contribution < 1.29 is 4.74 Å². The standard InChI is InChI=1S/C17H16ClN5OS2/c18-13-1-2-14(16-15(13)11(7-19)8-20-16)22-26-17-21-9-12(25-17)10-23-3-5-24-6-4-23/h1-2,8-9,20,22H,3-6,10H2. The second-order valence-electron chi connectivity index (χ2n) is 5.84. The molecule has 134 valence electrons. The number of H-pyrrole nitrogens is 1. The molecule has 4 rings (SSSR count). The third kappa shape index (κ3) is 3.68. The van der Waals surface area contributed by atoms with Crippen molar-refractivity contribution in [3.8, 4) is 6.07 Å². The molecule has 1 saturated heterocycles. The van der Waals surface area contributed by atoms with Gasteiger partial charge in [-0.25, -0.2) is 4.98 Å². The number of nitrogens with zero attached hydrogens (tertiary/aromatic N) is 3. The van der Waals surface area contributed by atoms with Crippen molar-refractivity contribution in [1.82, 2.24) is 14.9 Å². The Morgan fingerprint density at radius 3 is 3.08 bits per heavy atom. The van der Waals surface area contributed by atoms with Crippen LogP contribution in [0.3, 0.4) is 0 Å². The first-order chi connectivity index (χ1) is 12.7. The smallest absolute Gasteiger partial charge is 0.170 e. The predicted molar refractivity (Wildman–Crippen MR) is 106 cm³/mol. The number of halogens is 1. The number of hydrogen-bond acceptors (Lipinski definition) is 7. The molecular weight excluding hydrogens is 390 g/mol. The third-order valence-corrected chi connectivity index (χ3v) is 6.36. The van der Waals surface area contributed by atoms with Gasteiger partial charge in [-0.3, -0.25) is 4.90 Å².